The van der Waals surface area contributed by atoms with Gasteiger partial charge >= 0.3 is 23.9 Å². The van der Waals surface area contributed by atoms with Crippen LogP contribution >= 0.6 is 0 Å². The molecule has 0 spiro atoms. The molecule has 0 saturated carbocycles. The van der Waals surface area contributed by atoms with Crippen LogP contribution in [0.15, 0.2) is 121 Å². The summed E-state index contributed by atoms with van der Waals surface area (Å²) >= 11 is 0. The Kier molecular flexibility index (Phi) is 16.2. The Bertz CT molecular complexity index is 3060. The zero-order valence-corrected chi connectivity index (χ0v) is 44.3. The van der Waals surface area contributed by atoms with Crippen LogP contribution in [0.5, 0.6) is 46.0 Å². The van der Waals surface area contributed by atoms with Crippen LogP contribution in [0.3, 0.4) is 0 Å². The van der Waals surface area contributed by atoms with Gasteiger partial charge in [-0.05, 0) is 152 Å². The number of fused-ring (bicyclic) bond motifs is 4. The van der Waals surface area contributed by atoms with Crippen molar-refractivity contribution in [1.29, 1.82) is 0 Å². The Hall–Kier alpha value is -9.44. The van der Waals surface area contributed by atoms with Crippen molar-refractivity contribution in [3.05, 3.63) is 188 Å². The van der Waals surface area contributed by atoms with Gasteiger partial charge in [-0.25, -0.2) is 19.2 Å². The molecule has 16 heteroatoms. The number of carbonyl (C=O) groups is 4. The van der Waals surface area contributed by atoms with E-state index in [1.165, 1.54) is 56.9 Å². The number of benzene rings is 8. The van der Waals surface area contributed by atoms with E-state index in [1.807, 2.05) is 24.3 Å². The third-order valence-electron chi connectivity index (χ3n) is 13.4. The lowest BCUT2D eigenvalue weighted by Gasteiger charge is -2.22. The highest BCUT2D eigenvalue weighted by molar-refractivity contribution is 6.09. The summed E-state index contributed by atoms with van der Waals surface area (Å²) in [6.45, 7) is -0.571. The van der Waals surface area contributed by atoms with E-state index in [1.54, 1.807) is 97.1 Å². The standard InChI is InChI=1S/C62H56O16/c1-67-47-9-35(10-48(27-47)68-2)31-75-59(63)55-23-43-19-39-17-41-21-45-25-57(61(65)77-33-37-13-51(71-5)29-52(14-37)72-6)58(62(66)78-34-38-15-53(73-7)30-54(16-38)74-8)26-46(45)22-42(41)18-40(39)20-44(43)24-56(55)60(64)76-32-36-11-49(69-3)28-50(12-36)70-4/h9-16,19-30H,17-18,31-34H2,1-8H3. The van der Waals surface area contributed by atoms with E-state index >= 15 is 0 Å². The molecule has 1 aliphatic rings. The van der Waals surface area contributed by atoms with E-state index in [0.29, 0.717) is 103 Å². The van der Waals surface area contributed by atoms with Gasteiger partial charge in [0.25, 0.3) is 0 Å². The fourth-order valence-corrected chi connectivity index (χ4v) is 9.34. The van der Waals surface area contributed by atoms with E-state index in [0.717, 1.165) is 22.3 Å². The van der Waals surface area contributed by atoms with Crippen molar-refractivity contribution in [2.45, 2.75) is 39.3 Å². The van der Waals surface area contributed by atoms with Crippen LogP contribution in [-0.2, 0) is 58.2 Å². The van der Waals surface area contributed by atoms with Crippen molar-refractivity contribution < 1.29 is 76.0 Å². The molecule has 1 aliphatic carbocycles. The van der Waals surface area contributed by atoms with Gasteiger partial charge in [-0.2, -0.15) is 0 Å². The van der Waals surface area contributed by atoms with Crippen molar-refractivity contribution in [2.75, 3.05) is 56.9 Å². The van der Waals surface area contributed by atoms with Gasteiger partial charge in [0, 0.05) is 24.3 Å². The molecule has 0 bridgehead atoms. The van der Waals surface area contributed by atoms with Gasteiger partial charge in [0.05, 0.1) is 79.1 Å². The lowest BCUT2D eigenvalue weighted by molar-refractivity contribution is 0.0425. The Balaban J connectivity index is 1.05. The van der Waals surface area contributed by atoms with Crippen LogP contribution in [-0.4, -0.2) is 80.8 Å². The van der Waals surface area contributed by atoms with Crippen molar-refractivity contribution >= 4 is 45.4 Å². The van der Waals surface area contributed by atoms with Gasteiger partial charge in [-0.3, -0.25) is 0 Å². The van der Waals surface area contributed by atoms with Crippen LogP contribution in [0.1, 0.15) is 85.9 Å². The van der Waals surface area contributed by atoms with Gasteiger partial charge in [-0.1, -0.05) is 24.3 Å². The zero-order chi connectivity index (χ0) is 55.0. The van der Waals surface area contributed by atoms with Gasteiger partial charge in [0.1, 0.15) is 72.4 Å². The molecule has 0 aliphatic heterocycles. The molecule has 0 aromatic heterocycles. The Morgan fingerprint density at radius 1 is 0.269 bits per heavy atom. The highest BCUT2D eigenvalue weighted by atomic mass is 16.6. The van der Waals surface area contributed by atoms with Crippen LogP contribution in [0.25, 0.3) is 21.5 Å². The molecule has 8 aromatic rings. The maximum Gasteiger partial charge on any atom is 0.339 e. The summed E-state index contributed by atoms with van der Waals surface area (Å²) in [5.74, 6) is 1.14. The van der Waals surface area contributed by atoms with Gasteiger partial charge < -0.3 is 56.8 Å². The summed E-state index contributed by atoms with van der Waals surface area (Å²) in [7, 11) is 12.2. The summed E-state index contributed by atoms with van der Waals surface area (Å²) in [4.78, 5) is 56.7. The molecule has 400 valence electrons. The minimum absolute atomic E-state index is 0.00949. The molecule has 0 unspecified atom stereocenters. The minimum Gasteiger partial charge on any atom is -0.497 e. The monoisotopic (exact) mass is 1060 g/mol. The molecule has 0 atom stereocenters. The van der Waals surface area contributed by atoms with Crippen LogP contribution in [0.4, 0.5) is 0 Å². The second kappa shape index (κ2) is 23.6. The molecular formula is C62H56O16. The number of rotatable bonds is 20. The summed E-state index contributed by atoms with van der Waals surface area (Å²) < 4.78 is 66.8. The van der Waals surface area contributed by atoms with Gasteiger partial charge in [-0.15, -0.1) is 0 Å². The largest absolute Gasteiger partial charge is 0.497 e. The van der Waals surface area contributed by atoms with Crippen molar-refractivity contribution in [3.63, 3.8) is 0 Å². The number of esters is 4. The van der Waals surface area contributed by atoms with E-state index in [-0.39, 0.29) is 48.7 Å². The topological polar surface area (TPSA) is 179 Å². The van der Waals surface area contributed by atoms with Gasteiger partial charge in [0.15, 0.2) is 0 Å². The average Bonchev–Trinajstić information content (AvgIpc) is 3.67. The number of hydrogen-bond donors (Lipinski definition) is 0. The van der Waals surface area contributed by atoms with Crippen molar-refractivity contribution in [2.24, 2.45) is 0 Å². The van der Waals surface area contributed by atoms with Crippen LogP contribution in [0.2, 0.25) is 0 Å². The first kappa shape index (κ1) is 53.4. The molecule has 9 rings (SSSR count). The van der Waals surface area contributed by atoms with E-state index < -0.39 is 23.9 Å². The molecule has 8 aromatic carbocycles. The second-order valence-electron chi connectivity index (χ2n) is 18.3. The Morgan fingerprint density at radius 2 is 0.449 bits per heavy atom. The third kappa shape index (κ3) is 12.0. The van der Waals surface area contributed by atoms with E-state index in [4.69, 9.17) is 56.8 Å². The molecule has 78 heavy (non-hydrogen) atoms. The molecule has 0 heterocycles. The number of ether oxygens (including phenoxy) is 12. The molecule has 0 radical (unpaired) electrons. The molecule has 0 amide bonds. The van der Waals surface area contributed by atoms with E-state index in [9.17, 15) is 19.2 Å². The van der Waals surface area contributed by atoms with Crippen molar-refractivity contribution in [1.82, 2.24) is 0 Å². The SMILES string of the molecule is COc1cc(COC(=O)c2cc3cc4c(cc3cc2C(=O)OCc2cc(OC)cc(OC)c2)Cc2cc3cc(C(=O)OCc5cc(OC)cc(OC)c5)c(C(=O)OCc5cc(OC)cc(OC)c5)cc3cc2C4)cc(OC)c1. The highest BCUT2D eigenvalue weighted by Crippen LogP contribution is 2.37. The smallest absolute Gasteiger partial charge is 0.339 e. The first-order chi connectivity index (χ1) is 37.8. The molecule has 16 nitrogen and oxygen atoms in total. The molecular weight excluding hydrogens is 1000 g/mol. The Morgan fingerprint density at radius 3 is 0.615 bits per heavy atom. The van der Waals surface area contributed by atoms with Gasteiger partial charge in [0.2, 0.25) is 0 Å². The minimum atomic E-state index is -0.746. The van der Waals surface area contributed by atoms with Crippen LogP contribution in [0, 0.1) is 0 Å². The first-order valence-electron chi connectivity index (χ1n) is 24.6. The lowest BCUT2D eigenvalue weighted by atomic mass is 9.82. The molecule has 0 saturated heterocycles. The average molecular weight is 1060 g/mol. The third-order valence-corrected chi connectivity index (χ3v) is 13.4. The highest BCUT2D eigenvalue weighted by Gasteiger charge is 2.26. The maximum atomic E-state index is 14.2. The maximum absolute atomic E-state index is 14.2. The summed E-state index contributed by atoms with van der Waals surface area (Å²) in [5.41, 5.74) is 6.42. The first-order valence-corrected chi connectivity index (χ1v) is 24.6. The summed E-state index contributed by atoms with van der Waals surface area (Å²) in [6, 6.07) is 35.3. The molecule has 0 N–H and O–H groups in total. The predicted octanol–water partition coefficient (Wildman–Crippen LogP) is 11.0. The number of hydrogen-bond acceptors (Lipinski definition) is 16. The Labute approximate surface area is 450 Å². The second-order valence-corrected chi connectivity index (χ2v) is 18.3. The number of carbonyl (C=O) groups excluding carboxylic acids is 4. The zero-order valence-electron chi connectivity index (χ0n) is 44.3. The predicted molar refractivity (Wildman–Crippen MR) is 288 cm³/mol. The van der Waals surface area contributed by atoms with E-state index in [2.05, 4.69) is 0 Å². The van der Waals surface area contributed by atoms with Crippen molar-refractivity contribution in [3.8, 4) is 46.0 Å². The number of methoxy groups -OCH3 is 8. The molecule has 0 fully saturated rings. The quantitative estimate of drug-likeness (QED) is 0.0519. The summed E-state index contributed by atoms with van der Waals surface area (Å²) in [6.07, 6.45) is 0.986. The fraction of sp³-hybridized carbons (Fsp3) is 0.226. The normalized spacial score (nSPS) is 11.4. The lowest BCUT2D eigenvalue weighted by Crippen LogP contribution is -2.15. The summed E-state index contributed by atoms with van der Waals surface area (Å²) in [5, 5.41) is 2.76. The van der Waals surface area contributed by atoms with Crippen LogP contribution < -0.4 is 37.9 Å². The fourth-order valence-electron chi connectivity index (χ4n) is 9.34.